The molecule has 1 atom stereocenters. The number of aromatic nitrogens is 1. The molecule has 0 bridgehead atoms. The van der Waals surface area contributed by atoms with Gasteiger partial charge in [0.2, 0.25) is 10.0 Å². The van der Waals surface area contributed by atoms with Crippen molar-refractivity contribution in [2.24, 2.45) is 0 Å². The molecule has 0 fully saturated rings. The van der Waals surface area contributed by atoms with E-state index in [1.165, 1.54) is 12.1 Å². The van der Waals surface area contributed by atoms with E-state index in [1.807, 2.05) is 50.2 Å². The van der Waals surface area contributed by atoms with Gasteiger partial charge in [-0.3, -0.25) is 0 Å². The highest BCUT2D eigenvalue weighted by molar-refractivity contribution is 7.89. The van der Waals surface area contributed by atoms with Crippen molar-refractivity contribution in [2.45, 2.75) is 30.8 Å². The van der Waals surface area contributed by atoms with Crippen LogP contribution in [0.15, 0.2) is 65.7 Å². The summed E-state index contributed by atoms with van der Waals surface area (Å²) in [6, 6.07) is 16.6. The first-order valence-electron chi connectivity index (χ1n) is 11.5. The van der Waals surface area contributed by atoms with E-state index in [0.29, 0.717) is 28.5 Å². The molecule has 10 heteroatoms. The quantitative estimate of drug-likeness (QED) is 0.269. The first-order valence-corrected chi connectivity index (χ1v) is 13.8. The number of nitriles is 1. The van der Waals surface area contributed by atoms with Gasteiger partial charge < -0.3 is 9.47 Å². The molecule has 0 amide bonds. The number of halogens is 3. The minimum atomic E-state index is -4.09. The van der Waals surface area contributed by atoms with Gasteiger partial charge in [0.1, 0.15) is 16.8 Å². The molecule has 4 aromatic rings. The average Bonchev–Trinajstić information content (AvgIpc) is 3.19. The van der Waals surface area contributed by atoms with Crippen LogP contribution < -0.4 is 9.62 Å². The minimum absolute atomic E-state index is 0.00944. The maximum atomic E-state index is 13.7. The highest BCUT2D eigenvalue weighted by Crippen LogP contribution is 2.35. The van der Waals surface area contributed by atoms with Crippen LogP contribution >= 0.6 is 23.2 Å². The van der Waals surface area contributed by atoms with Crippen LogP contribution in [0.4, 0.5) is 10.1 Å². The van der Waals surface area contributed by atoms with Crippen LogP contribution in [0.2, 0.25) is 10.0 Å². The number of anilines is 1. The van der Waals surface area contributed by atoms with Gasteiger partial charge in [-0.25, -0.2) is 17.5 Å². The summed E-state index contributed by atoms with van der Waals surface area (Å²) in [6.45, 7) is 2.07. The zero-order valence-corrected chi connectivity index (χ0v) is 22.8. The minimum Gasteiger partial charge on any atom is -0.378 e. The van der Waals surface area contributed by atoms with E-state index in [9.17, 15) is 18.1 Å². The van der Waals surface area contributed by atoms with Crippen molar-refractivity contribution in [3.63, 3.8) is 0 Å². The van der Waals surface area contributed by atoms with E-state index in [4.69, 9.17) is 23.2 Å². The van der Waals surface area contributed by atoms with Gasteiger partial charge in [-0.1, -0.05) is 42.3 Å². The van der Waals surface area contributed by atoms with Crippen molar-refractivity contribution in [1.82, 2.24) is 9.29 Å². The molecule has 0 spiro atoms. The molecule has 0 saturated carbocycles. The molecule has 1 aromatic heterocycles. The molecule has 0 radical (unpaired) electrons. The molecule has 192 valence electrons. The molecule has 6 nitrogen and oxygen atoms in total. The zero-order valence-electron chi connectivity index (χ0n) is 20.5. The van der Waals surface area contributed by atoms with E-state index < -0.39 is 21.9 Å². The van der Waals surface area contributed by atoms with Gasteiger partial charge in [-0.2, -0.15) is 5.26 Å². The standard InChI is InChI=1S/C27H25Cl2FN4O2S/c1-4-21(16-34-15-19(14-31)23-13-20(30)7-10-26(23)34)32-37(35,36)27-24(28)11-18(12-25(27)29)17-5-8-22(9-6-17)33(2)3/h5-13,15,21,32H,4,16H2,1-3H3/t21-/m0/s1. The Bertz CT molecular complexity index is 1590. The van der Waals surface area contributed by atoms with E-state index >= 15 is 0 Å². The number of hydrogen-bond acceptors (Lipinski definition) is 4. The van der Waals surface area contributed by atoms with Crippen molar-refractivity contribution in [3.05, 3.63) is 82.2 Å². The first-order chi connectivity index (χ1) is 17.5. The summed E-state index contributed by atoms with van der Waals surface area (Å²) < 4.78 is 44.9. The van der Waals surface area contributed by atoms with Crippen LogP contribution in [0.1, 0.15) is 18.9 Å². The largest absolute Gasteiger partial charge is 0.378 e. The highest BCUT2D eigenvalue weighted by Gasteiger charge is 2.26. The summed E-state index contributed by atoms with van der Waals surface area (Å²) in [6.07, 6.45) is 2.05. The van der Waals surface area contributed by atoms with Gasteiger partial charge in [0.15, 0.2) is 0 Å². The summed E-state index contributed by atoms with van der Waals surface area (Å²) >= 11 is 12.9. The lowest BCUT2D eigenvalue weighted by molar-refractivity contribution is 0.491. The third-order valence-electron chi connectivity index (χ3n) is 6.18. The fraction of sp³-hybridized carbons (Fsp3) is 0.222. The Balaban J connectivity index is 1.62. The normalized spacial score (nSPS) is 12.5. The van der Waals surface area contributed by atoms with Gasteiger partial charge in [0, 0.05) is 49.5 Å². The molecular formula is C27H25Cl2FN4O2S. The Kier molecular flexibility index (Phi) is 7.81. The van der Waals surface area contributed by atoms with Gasteiger partial charge in [0.05, 0.1) is 15.6 Å². The van der Waals surface area contributed by atoms with Crippen LogP contribution in [0, 0.1) is 17.1 Å². The predicted octanol–water partition coefficient (Wildman–Crippen LogP) is 6.45. The second-order valence-corrected chi connectivity index (χ2v) is 11.4. The average molecular weight is 559 g/mol. The lowest BCUT2D eigenvalue weighted by Crippen LogP contribution is -2.37. The smallest absolute Gasteiger partial charge is 0.243 e. The Hall–Kier alpha value is -3.09. The lowest BCUT2D eigenvalue weighted by Gasteiger charge is -2.20. The maximum absolute atomic E-state index is 13.7. The van der Waals surface area contributed by atoms with Gasteiger partial charge in [0.25, 0.3) is 0 Å². The molecule has 37 heavy (non-hydrogen) atoms. The number of sulfonamides is 1. The van der Waals surface area contributed by atoms with Crippen molar-refractivity contribution in [1.29, 1.82) is 5.26 Å². The van der Waals surface area contributed by atoms with Gasteiger partial charge >= 0.3 is 0 Å². The lowest BCUT2D eigenvalue weighted by atomic mass is 10.1. The molecule has 3 aromatic carbocycles. The monoisotopic (exact) mass is 558 g/mol. The van der Waals surface area contributed by atoms with Crippen LogP contribution in [0.5, 0.6) is 0 Å². The molecule has 1 N–H and O–H groups in total. The van der Waals surface area contributed by atoms with E-state index in [0.717, 1.165) is 11.3 Å². The third-order valence-corrected chi connectivity index (χ3v) is 8.62. The molecule has 0 aliphatic heterocycles. The number of benzene rings is 3. The Morgan fingerprint density at radius 2 is 1.70 bits per heavy atom. The van der Waals surface area contributed by atoms with Crippen molar-refractivity contribution >= 4 is 49.8 Å². The number of nitrogens with zero attached hydrogens (tertiary/aromatic N) is 3. The van der Waals surface area contributed by atoms with Crippen LogP contribution in [0.3, 0.4) is 0 Å². The van der Waals surface area contributed by atoms with Gasteiger partial charge in [-0.05, 0) is 60.0 Å². The summed E-state index contributed by atoms with van der Waals surface area (Å²) in [5.74, 6) is -0.448. The Morgan fingerprint density at radius 1 is 1.05 bits per heavy atom. The Labute approximate surface area is 225 Å². The number of nitrogens with one attached hydrogen (secondary N) is 1. The van der Waals surface area contributed by atoms with E-state index in [1.54, 1.807) is 29.0 Å². The molecule has 1 heterocycles. The molecule has 0 unspecified atom stereocenters. The molecule has 0 aliphatic rings. The van der Waals surface area contributed by atoms with Crippen LogP contribution in [-0.2, 0) is 16.6 Å². The predicted molar refractivity (Wildman–Crippen MR) is 147 cm³/mol. The highest BCUT2D eigenvalue weighted by atomic mass is 35.5. The third kappa shape index (κ3) is 5.60. The van der Waals surface area contributed by atoms with Gasteiger partial charge in [-0.15, -0.1) is 0 Å². The first kappa shape index (κ1) is 27.0. The SMILES string of the molecule is CC[C@@H](Cn1cc(C#N)c2cc(F)ccc21)NS(=O)(=O)c1c(Cl)cc(-c2ccc(N(C)C)cc2)cc1Cl. The second kappa shape index (κ2) is 10.7. The van der Waals surface area contributed by atoms with E-state index in [2.05, 4.69) is 10.8 Å². The molecule has 4 rings (SSSR count). The summed E-state index contributed by atoms with van der Waals surface area (Å²) in [5.41, 5.74) is 3.52. The molecule has 0 saturated heterocycles. The second-order valence-electron chi connectivity index (χ2n) is 8.91. The number of hydrogen-bond donors (Lipinski definition) is 1. The summed E-state index contributed by atoms with van der Waals surface area (Å²) in [4.78, 5) is 1.78. The van der Waals surface area contributed by atoms with Crippen molar-refractivity contribution in [3.8, 4) is 17.2 Å². The fourth-order valence-corrected chi connectivity index (χ4v) is 6.74. The van der Waals surface area contributed by atoms with Crippen molar-refractivity contribution < 1.29 is 12.8 Å². The van der Waals surface area contributed by atoms with Crippen LogP contribution in [-0.4, -0.2) is 33.1 Å². The van der Waals surface area contributed by atoms with Crippen molar-refractivity contribution in [2.75, 3.05) is 19.0 Å². The summed E-state index contributed by atoms with van der Waals surface area (Å²) in [5, 5.41) is 9.93. The Morgan fingerprint density at radius 3 is 2.27 bits per heavy atom. The number of fused-ring (bicyclic) bond motifs is 1. The number of rotatable bonds is 8. The maximum Gasteiger partial charge on any atom is 0.243 e. The van der Waals surface area contributed by atoms with Crippen LogP contribution in [0.25, 0.3) is 22.0 Å². The van der Waals surface area contributed by atoms with E-state index in [-0.39, 0.29) is 21.5 Å². The molecular weight excluding hydrogens is 534 g/mol. The summed E-state index contributed by atoms with van der Waals surface area (Å²) in [7, 11) is -0.199. The molecule has 0 aliphatic carbocycles. The topological polar surface area (TPSA) is 78.1 Å². The fourth-order valence-electron chi connectivity index (χ4n) is 4.21. The zero-order chi connectivity index (χ0) is 26.9.